The molecule has 0 saturated carbocycles. The van der Waals surface area contributed by atoms with Crippen LogP contribution in [0.4, 0.5) is 4.39 Å². The fourth-order valence-corrected chi connectivity index (χ4v) is 4.80. The molecule has 0 aliphatic carbocycles. The minimum absolute atomic E-state index is 0.0339. The molecule has 1 aliphatic heterocycles. The first-order chi connectivity index (χ1) is 16.2. The maximum Gasteiger partial charge on any atom is 0.141 e. The molecule has 0 amide bonds. The maximum atomic E-state index is 14.6. The highest BCUT2D eigenvalue weighted by Gasteiger charge is 2.20. The molecule has 1 saturated heterocycles. The molecular weight excluding hydrogens is 415 g/mol. The average molecular weight is 436 g/mol. The van der Waals surface area contributed by atoms with Crippen molar-refractivity contribution >= 4 is 16.6 Å². The summed E-state index contributed by atoms with van der Waals surface area (Å²) in [5, 5.41) is 13.6. The Kier molecular flexibility index (Phi) is 4.67. The summed E-state index contributed by atoms with van der Waals surface area (Å²) in [5.74, 6) is 0.0548. The van der Waals surface area contributed by atoms with Gasteiger partial charge in [0.2, 0.25) is 0 Å². The van der Waals surface area contributed by atoms with E-state index in [1.54, 1.807) is 12.3 Å². The molecule has 1 aromatic carbocycles. The number of benzene rings is 1. The molecule has 4 aromatic heterocycles. The van der Waals surface area contributed by atoms with Crippen molar-refractivity contribution in [3.05, 3.63) is 78.8 Å². The molecule has 162 valence electrons. The lowest BCUT2D eigenvalue weighted by Gasteiger charge is -2.15. The van der Waals surface area contributed by atoms with Crippen LogP contribution in [0.5, 0.6) is 0 Å². The van der Waals surface area contributed by atoms with Crippen molar-refractivity contribution in [3.63, 3.8) is 0 Å². The van der Waals surface area contributed by atoms with Crippen LogP contribution in [0.15, 0.2) is 67.4 Å². The number of fused-ring (bicyclic) bond motifs is 2. The zero-order valence-corrected chi connectivity index (χ0v) is 17.9. The Bertz CT molecular complexity index is 1530. The van der Waals surface area contributed by atoms with E-state index in [4.69, 9.17) is 4.98 Å². The number of pyridine rings is 2. The molecule has 0 radical (unpaired) electrons. The Labute approximate surface area is 189 Å². The van der Waals surface area contributed by atoms with Gasteiger partial charge in [0.1, 0.15) is 17.5 Å². The number of nitrogens with zero attached hydrogens (tertiary/aromatic N) is 5. The summed E-state index contributed by atoms with van der Waals surface area (Å²) in [4.78, 5) is 9.19. The summed E-state index contributed by atoms with van der Waals surface area (Å²) in [6, 6.07) is 12.7. The molecule has 1 unspecified atom stereocenters. The van der Waals surface area contributed by atoms with Crippen molar-refractivity contribution in [2.45, 2.75) is 13.0 Å². The Morgan fingerprint density at radius 3 is 2.85 bits per heavy atom. The number of rotatable bonds is 4. The highest BCUT2D eigenvalue weighted by atomic mass is 19.1. The van der Waals surface area contributed by atoms with E-state index >= 15 is 0 Å². The number of hydrogen-bond donors (Lipinski definition) is 1. The Morgan fingerprint density at radius 2 is 2.03 bits per heavy atom. The molecule has 0 spiro atoms. The summed E-state index contributed by atoms with van der Waals surface area (Å²) < 4.78 is 18.8. The van der Waals surface area contributed by atoms with Gasteiger partial charge in [0, 0.05) is 47.8 Å². The van der Waals surface area contributed by atoms with E-state index in [9.17, 15) is 9.65 Å². The van der Waals surface area contributed by atoms with Crippen molar-refractivity contribution in [2.75, 3.05) is 13.1 Å². The number of nitrogens with one attached hydrogen (secondary N) is 1. The number of aromatic nitrogens is 4. The molecule has 6 rings (SSSR count). The van der Waals surface area contributed by atoms with Gasteiger partial charge in [0.05, 0.1) is 23.0 Å². The van der Waals surface area contributed by atoms with Crippen LogP contribution in [-0.4, -0.2) is 32.0 Å². The van der Waals surface area contributed by atoms with E-state index < -0.39 is 5.82 Å². The smallest absolute Gasteiger partial charge is 0.141 e. The predicted molar refractivity (Wildman–Crippen MR) is 125 cm³/mol. The zero-order valence-electron chi connectivity index (χ0n) is 17.9. The van der Waals surface area contributed by atoms with Crippen molar-refractivity contribution in [1.29, 1.82) is 5.26 Å². The topological polar surface area (TPSA) is 70.9 Å². The minimum Gasteiger partial charge on any atom is -0.346 e. The van der Waals surface area contributed by atoms with Crippen LogP contribution in [-0.2, 0) is 6.54 Å². The lowest BCUT2D eigenvalue weighted by atomic mass is 9.96. The normalized spacial score (nSPS) is 15.9. The van der Waals surface area contributed by atoms with E-state index in [2.05, 4.69) is 27.1 Å². The lowest BCUT2D eigenvalue weighted by Crippen LogP contribution is -2.14. The standard InChI is InChI=1S/C26H21FN6/c27-22-11-18(1-2-19(22)12-28)25-21-6-9-32(15-17-5-7-29-13-17)23(21)14-31-26(25)20-3-4-24-30-8-10-33(24)16-20/h1-4,6,8-11,14,16-17,29H,5,7,13,15H2. The molecular formula is C26H21FN6. The van der Waals surface area contributed by atoms with E-state index in [1.807, 2.05) is 41.2 Å². The quantitative estimate of drug-likeness (QED) is 0.446. The first-order valence-electron chi connectivity index (χ1n) is 11.0. The van der Waals surface area contributed by atoms with E-state index in [-0.39, 0.29) is 5.56 Å². The minimum atomic E-state index is -0.528. The second-order valence-electron chi connectivity index (χ2n) is 8.52. The lowest BCUT2D eigenvalue weighted by molar-refractivity contribution is 0.491. The van der Waals surface area contributed by atoms with Crippen molar-refractivity contribution in [2.24, 2.45) is 5.92 Å². The maximum absolute atomic E-state index is 14.6. The number of halogens is 1. The SMILES string of the molecule is N#Cc1ccc(-c2c(-c3ccc4nccn4c3)ncc3c2ccn3CC2CCNC2)cc1F. The van der Waals surface area contributed by atoms with Gasteiger partial charge in [-0.25, -0.2) is 9.37 Å². The molecule has 1 atom stereocenters. The van der Waals surface area contributed by atoms with Crippen LogP contribution in [0.3, 0.4) is 0 Å². The van der Waals surface area contributed by atoms with Gasteiger partial charge >= 0.3 is 0 Å². The molecule has 1 aliphatic rings. The molecule has 5 aromatic rings. The zero-order chi connectivity index (χ0) is 22.4. The summed E-state index contributed by atoms with van der Waals surface area (Å²) >= 11 is 0. The number of hydrogen-bond acceptors (Lipinski definition) is 4. The third-order valence-electron chi connectivity index (χ3n) is 6.49. The summed E-state index contributed by atoms with van der Waals surface area (Å²) in [7, 11) is 0. The van der Waals surface area contributed by atoms with E-state index in [0.717, 1.165) is 59.4 Å². The van der Waals surface area contributed by atoms with Gasteiger partial charge in [-0.2, -0.15) is 5.26 Å². The summed E-state index contributed by atoms with van der Waals surface area (Å²) in [5.41, 5.74) is 5.14. The Morgan fingerprint density at radius 1 is 1.12 bits per heavy atom. The van der Waals surface area contributed by atoms with Gasteiger partial charge in [-0.05, 0) is 61.3 Å². The van der Waals surface area contributed by atoms with Gasteiger partial charge in [0.25, 0.3) is 0 Å². The van der Waals surface area contributed by atoms with Gasteiger partial charge < -0.3 is 14.3 Å². The first-order valence-corrected chi connectivity index (χ1v) is 11.0. The molecule has 6 nitrogen and oxygen atoms in total. The molecule has 7 heteroatoms. The van der Waals surface area contributed by atoms with Gasteiger partial charge in [-0.1, -0.05) is 6.07 Å². The Balaban J connectivity index is 1.57. The first kappa shape index (κ1) is 19.6. The highest BCUT2D eigenvalue weighted by molar-refractivity contribution is 6.01. The van der Waals surface area contributed by atoms with Crippen LogP contribution in [0.25, 0.3) is 38.9 Å². The molecule has 1 fully saturated rings. The van der Waals surface area contributed by atoms with Crippen LogP contribution in [0.2, 0.25) is 0 Å². The summed E-state index contributed by atoms with van der Waals surface area (Å²) in [6.45, 7) is 2.99. The fourth-order valence-electron chi connectivity index (χ4n) is 4.80. The molecule has 1 N–H and O–H groups in total. The third kappa shape index (κ3) is 3.36. The molecule has 33 heavy (non-hydrogen) atoms. The average Bonchev–Trinajstić information content (AvgIpc) is 3.60. The molecule has 5 heterocycles. The largest absolute Gasteiger partial charge is 0.346 e. The van der Waals surface area contributed by atoms with Crippen LogP contribution in [0.1, 0.15) is 12.0 Å². The van der Waals surface area contributed by atoms with Crippen LogP contribution >= 0.6 is 0 Å². The van der Waals surface area contributed by atoms with E-state index in [0.29, 0.717) is 11.5 Å². The summed E-state index contributed by atoms with van der Waals surface area (Å²) in [6.07, 6.45) is 10.8. The number of imidazole rings is 1. The van der Waals surface area contributed by atoms with Crippen molar-refractivity contribution < 1.29 is 4.39 Å². The number of nitriles is 1. The second-order valence-corrected chi connectivity index (χ2v) is 8.52. The second kappa shape index (κ2) is 7.84. The van der Waals surface area contributed by atoms with Crippen LogP contribution < -0.4 is 5.32 Å². The third-order valence-corrected chi connectivity index (χ3v) is 6.49. The predicted octanol–water partition coefficient (Wildman–Crippen LogP) is 4.64. The van der Waals surface area contributed by atoms with Gasteiger partial charge in [0.15, 0.2) is 0 Å². The van der Waals surface area contributed by atoms with Crippen molar-refractivity contribution in [1.82, 2.24) is 24.3 Å². The van der Waals surface area contributed by atoms with Crippen molar-refractivity contribution in [3.8, 4) is 28.5 Å². The van der Waals surface area contributed by atoms with Gasteiger partial charge in [-0.15, -0.1) is 0 Å². The monoisotopic (exact) mass is 436 g/mol. The fraction of sp³-hybridized carbons (Fsp3) is 0.192. The van der Waals surface area contributed by atoms with Crippen LogP contribution in [0, 0.1) is 23.1 Å². The highest BCUT2D eigenvalue weighted by Crippen LogP contribution is 2.38. The van der Waals surface area contributed by atoms with E-state index in [1.165, 1.54) is 12.1 Å². The Hall–Kier alpha value is -4.02. The van der Waals surface area contributed by atoms with Gasteiger partial charge in [-0.3, -0.25) is 4.98 Å². The molecule has 0 bridgehead atoms.